The molecule has 1 N–H and O–H groups in total. The lowest BCUT2D eigenvalue weighted by Crippen LogP contribution is -2.52. The van der Waals surface area contributed by atoms with Crippen LogP contribution in [-0.2, 0) is 14.3 Å². The Morgan fingerprint density at radius 2 is 2.28 bits per heavy atom. The molecule has 104 valence electrons. The van der Waals surface area contributed by atoms with Crippen LogP contribution in [0.5, 0.6) is 0 Å². The molecule has 5 heteroatoms. The Morgan fingerprint density at radius 3 is 2.94 bits per heavy atom. The third-order valence-corrected chi connectivity index (χ3v) is 3.61. The highest BCUT2D eigenvalue weighted by Gasteiger charge is 2.33. The second kappa shape index (κ2) is 6.50. The molecular formula is C13H23NO4. The van der Waals surface area contributed by atoms with E-state index >= 15 is 0 Å². The van der Waals surface area contributed by atoms with Gasteiger partial charge in [-0.25, -0.2) is 0 Å². The van der Waals surface area contributed by atoms with Gasteiger partial charge in [-0.05, 0) is 32.6 Å². The molecule has 0 aliphatic carbocycles. The molecule has 1 amide bonds. The Bertz CT molecular complexity index is 276. The van der Waals surface area contributed by atoms with Crippen molar-refractivity contribution in [2.24, 2.45) is 0 Å². The molecule has 3 unspecified atom stereocenters. The standard InChI is InChI=1S/C13H23NO4/c1-10(15)8-11-4-2-3-5-14(11)13(16)12-9-17-6-7-18-12/h10-12,15H,2-9H2,1H3. The average molecular weight is 257 g/mol. The van der Waals surface area contributed by atoms with E-state index in [0.29, 0.717) is 26.2 Å². The maximum absolute atomic E-state index is 12.4. The summed E-state index contributed by atoms with van der Waals surface area (Å²) in [6, 6.07) is 0.150. The quantitative estimate of drug-likeness (QED) is 0.802. The fourth-order valence-corrected chi connectivity index (χ4v) is 2.74. The van der Waals surface area contributed by atoms with Gasteiger partial charge in [-0.15, -0.1) is 0 Å². The van der Waals surface area contributed by atoms with Crippen LogP contribution in [0.1, 0.15) is 32.6 Å². The van der Waals surface area contributed by atoms with Crippen LogP contribution in [0, 0.1) is 0 Å². The third kappa shape index (κ3) is 3.43. The van der Waals surface area contributed by atoms with Crippen molar-refractivity contribution in [1.29, 1.82) is 0 Å². The topological polar surface area (TPSA) is 59.0 Å². The smallest absolute Gasteiger partial charge is 0.254 e. The number of carbonyl (C=O) groups is 1. The number of hydrogen-bond donors (Lipinski definition) is 1. The molecule has 0 aromatic rings. The molecule has 2 saturated heterocycles. The van der Waals surface area contributed by atoms with Crippen LogP contribution in [0.25, 0.3) is 0 Å². The number of amides is 1. The summed E-state index contributed by atoms with van der Waals surface area (Å²) in [4.78, 5) is 14.3. The van der Waals surface area contributed by atoms with E-state index in [1.807, 2.05) is 4.90 Å². The van der Waals surface area contributed by atoms with Gasteiger partial charge in [0.25, 0.3) is 5.91 Å². The summed E-state index contributed by atoms with van der Waals surface area (Å²) in [6.45, 7) is 3.97. The summed E-state index contributed by atoms with van der Waals surface area (Å²) < 4.78 is 10.8. The highest BCUT2D eigenvalue weighted by Crippen LogP contribution is 2.22. The molecule has 2 rings (SSSR count). The summed E-state index contributed by atoms with van der Waals surface area (Å²) in [5.74, 6) is 0.0278. The molecule has 2 aliphatic rings. The highest BCUT2D eigenvalue weighted by molar-refractivity contribution is 5.81. The molecule has 2 fully saturated rings. The SMILES string of the molecule is CC(O)CC1CCCCN1C(=O)C1COCCO1. The number of nitrogens with zero attached hydrogens (tertiary/aromatic N) is 1. The molecule has 5 nitrogen and oxygen atoms in total. The lowest BCUT2D eigenvalue weighted by atomic mass is 9.96. The molecule has 2 heterocycles. The first-order valence-corrected chi connectivity index (χ1v) is 6.86. The van der Waals surface area contributed by atoms with Crippen molar-refractivity contribution >= 4 is 5.91 Å². The maximum atomic E-state index is 12.4. The van der Waals surface area contributed by atoms with E-state index in [-0.39, 0.29) is 18.1 Å². The van der Waals surface area contributed by atoms with Gasteiger partial charge < -0.3 is 19.5 Å². The maximum Gasteiger partial charge on any atom is 0.254 e. The third-order valence-electron chi connectivity index (χ3n) is 3.61. The van der Waals surface area contributed by atoms with Gasteiger partial charge in [0.2, 0.25) is 0 Å². The predicted octanol–water partition coefficient (Wildman–Crippen LogP) is 0.554. The van der Waals surface area contributed by atoms with Gasteiger partial charge in [0.15, 0.2) is 6.10 Å². The minimum absolute atomic E-state index is 0.0278. The van der Waals surface area contributed by atoms with E-state index in [1.54, 1.807) is 6.92 Å². The average Bonchev–Trinajstić information content (AvgIpc) is 2.39. The Hall–Kier alpha value is -0.650. The second-order valence-electron chi connectivity index (χ2n) is 5.20. The number of aliphatic hydroxyl groups is 1. The van der Waals surface area contributed by atoms with Crippen LogP contribution < -0.4 is 0 Å². The Labute approximate surface area is 108 Å². The molecule has 0 bridgehead atoms. The normalized spacial score (nSPS) is 31.1. The highest BCUT2D eigenvalue weighted by atomic mass is 16.6. The van der Waals surface area contributed by atoms with Crippen LogP contribution in [-0.4, -0.2) is 60.5 Å². The monoisotopic (exact) mass is 257 g/mol. The van der Waals surface area contributed by atoms with Crippen molar-refractivity contribution < 1.29 is 19.4 Å². The summed E-state index contributed by atoms with van der Waals surface area (Å²) in [5, 5.41) is 9.52. The summed E-state index contributed by atoms with van der Waals surface area (Å²) in [5.41, 5.74) is 0. The summed E-state index contributed by atoms with van der Waals surface area (Å²) >= 11 is 0. The molecule has 0 radical (unpaired) electrons. The zero-order valence-corrected chi connectivity index (χ0v) is 11.0. The predicted molar refractivity (Wildman–Crippen MR) is 66.2 cm³/mol. The van der Waals surface area contributed by atoms with Crippen LogP contribution in [0.4, 0.5) is 0 Å². The zero-order valence-electron chi connectivity index (χ0n) is 11.0. The second-order valence-corrected chi connectivity index (χ2v) is 5.20. The Morgan fingerprint density at radius 1 is 1.44 bits per heavy atom. The fourth-order valence-electron chi connectivity index (χ4n) is 2.74. The zero-order chi connectivity index (χ0) is 13.0. The summed E-state index contributed by atoms with van der Waals surface area (Å²) in [7, 11) is 0. The van der Waals surface area contributed by atoms with E-state index in [0.717, 1.165) is 25.8 Å². The molecule has 18 heavy (non-hydrogen) atoms. The van der Waals surface area contributed by atoms with E-state index in [9.17, 15) is 9.90 Å². The Kier molecular flexibility index (Phi) is 4.97. The van der Waals surface area contributed by atoms with Gasteiger partial charge in [-0.2, -0.15) is 0 Å². The largest absolute Gasteiger partial charge is 0.393 e. The molecule has 0 aromatic heterocycles. The van der Waals surface area contributed by atoms with Gasteiger partial charge in [0.1, 0.15) is 0 Å². The van der Waals surface area contributed by atoms with E-state index in [2.05, 4.69) is 0 Å². The number of ether oxygens (including phenoxy) is 2. The molecule has 0 saturated carbocycles. The van der Waals surface area contributed by atoms with Gasteiger partial charge in [-0.3, -0.25) is 4.79 Å². The number of aliphatic hydroxyl groups excluding tert-OH is 1. The van der Waals surface area contributed by atoms with Crippen molar-refractivity contribution in [2.75, 3.05) is 26.4 Å². The van der Waals surface area contributed by atoms with E-state index < -0.39 is 6.10 Å². The lowest BCUT2D eigenvalue weighted by molar-refractivity contribution is -0.162. The fraction of sp³-hybridized carbons (Fsp3) is 0.923. The van der Waals surface area contributed by atoms with Crippen molar-refractivity contribution in [1.82, 2.24) is 4.90 Å². The van der Waals surface area contributed by atoms with Gasteiger partial charge >= 0.3 is 0 Å². The molecule has 3 atom stereocenters. The minimum atomic E-state index is -0.451. The lowest BCUT2D eigenvalue weighted by Gasteiger charge is -2.39. The number of likely N-dealkylation sites (tertiary alicyclic amines) is 1. The molecule has 0 spiro atoms. The van der Waals surface area contributed by atoms with Crippen LogP contribution in [0.2, 0.25) is 0 Å². The molecular weight excluding hydrogens is 234 g/mol. The van der Waals surface area contributed by atoms with Crippen molar-refractivity contribution in [3.8, 4) is 0 Å². The van der Waals surface area contributed by atoms with Gasteiger partial charge in [0, 0.05) is 12.6 Å². The van der Waals surface area contributed by atoms with Crippen LogP contribution in [0.3, 0.4) is 0 Å². The van der Waals surface area contributed by atoms with Crippen molar-refractivity contribution in [2.45, 2.75) is 50.9 Å². The van der Waals surface area contributed by atoms with Crippen molar-refractivity contribution in [3.63, 3.8) is 0 Å². The number of rotatable bonds is 3. The molecule has 0 aromatic carbocycles. The van der Waals surface area contributed by atoms with E-state index in [4.69, 9.17) is 9.47 Å². The minimum Gasteiger partial charge on any atom is -0.393 e. The van der Waals surface area contributed by atoms with Crippen LogP contribution >= 0.6 is 0 Å². The van der Waals surface area contributed by atoms with Gasteiger partial charge in [-0.1, -0.05) is 0 Å². The molecule has 2 aliphatic heterocycles. The van der Waals surface area contributed by atoms with Crippen LogP contribution in [0.15, 0.2) is 0 Å². The Balaban J connectivity index is 1.96. The first-order valence-electron chi connectivity index (χ1n) is 6.86. The van der Waals surface area contributed by atoms with Gasteiger partial charge in [0.05, 0.1) is 25.9 Å². The van der Waals surface area contributed by atoms with E-state index in [1.165, 1.54) is 0 Å². The summed E-state index contributed by atoms with van der Waals surface area (Å²) in [6.07, 6.45) is 2.97. The number of piperidine rings is 1. The first-order chi connectivity index (χ1) is 8.68. The van der Waals surface area contributed by atoms with Crippen molar-refractivity contribution in [3.05, 3.63) is 0 Å². The first kappa shape index (κ1) is 13.8. The number of carbonyl (C=O) groups excluding carboxylic acids is 1. The number of hydrogen-bond acceptors (Lipinski definition) is 4.